The lowest BCUT2D eigenvalue weighted by Gasteiger charge is -2.32. The number of carbonyl (C=O) groups excluding carboxylic acids is 2. The first-order valence-electron chi connectivity index (χ1n) is 12.7. The van der Waals surface area contributed by atoms with Crippen molar-refractivity contribution in [1.82, 2.24) is 10.2 Å². The molecule has 3 aromatic rings. The summed E-state index contributed by atoms with van der Waals surface area (Å²) in [5, 5.41) is 3.33. The minimum absolute atomic E-state index is 0.0718. The van der Waals surface area contributed by atoms with Crippen molar-refractivity contribution in [2.75, 3.05) is 17.4 Å². The van der Waals surface area contributed by atoms with Crippen molar-refractivity contribution in [2.24, 2.45) is 0 Å². The molecule has 0 aromatic heterocycles. The second-order valence-corrected chi connectivity index (χ2v) is 11.3. The number of hydrogen-bond acceptors (Lipinski definition) is 4. The second-order valence-electron chi connectivity index (χ2n) is 8.96. The number of sulfonamides is 1. The van der Waals surface area contributed by atoms with Gasteiger partial charge in [-0.25, -0.2) is 8.42 Å². The first-order chi connectivity index (χ1) is 18.2. The predicted octanol–water partition coefficient (Wildman–Crippen LogP) is 5.04. The molecule has 0 fully saturated rings. The topological polar surface area (TPSA) is 86.8 Å². The Kier molecular flexibility index (Phi) is 10.3. The molecule has 9 heteroatoms. The number of aryl methyl sites for hydroxylation is 1. The normalized spacial score (nSPS) is 12.0. The first kappa shape index (κ1) is 29.2. The van der Waals surface area contributed by atoms with Gasteiger partial charge >= 0.3 is 0 Å². The summed E-state index contributed by atoms with van der Waals surface area (Å²) in [6, 6.07) is 21.3. The van der Waals surface area contributed by atoms with Crippen molar-refractivity contribution >= 4 is 39.1 Å². The van der Waals surface area contributed by atoms with Gasteiger partial charge in [-0.05, 0) is 67.3 Å². The summed E-state index contributed by atoms with van der Waals surface area (Å²) in [7, 11) is -4.08. The molecular formula is C29H34ClN3O4S. The van der Waals surface area contributed by atoms with Crippen molar-refractivity contribution in [3.63, 3.8) is 0 Å². The SMILES string of the molecule is CCCNC(=O)[C@@H](C)N(Cc1cccc(Cl)c1)C(=O)CN(c1ccc(CC)cc1)S(=O)(=O)c1ccccc1. The van der Waals surface area contributed by atoms with E-state index in [1.54, 1.807) is 55.5 Å². The van der Waals surface area contributed by atoms with Crippen LogP contribution in [0.3, 0.4) is 0 Å². The van der Waals surface area contributed by atoms with Gasteiger partial charge in [0.05, 0.1) is 10.6 Å². The van der Waals surface area contributed by atoms with Crippen LogP contribution < -0.4 is 9.62 Å². The van der Waals surface area contributed by atoms with Gasteiger partial charge < -0.3 is 10.2 Å². The number of rotatable bonds is 12. The Hall–Kier alpha value is -3.36. The highest BCUT2D eigenvalue weighted by Gasteiger charge is 2.32. The van der Waals surface area contributed by atoms with Gasteiger partial charge in [0.25, 0.3) is 10.0 Å². The third kappa shape index (κ3) is 7.36. The van der Waals surface area contributed by atoms with E-state index in [4.69, 9.17) is 11.6 Å². The van der Waals surface area contributed by atoms with Crippen LogP contribution >= 0.6 is 11.6 Å². The quantitative estimate of drug-likeness (QED) is 0.339. The molecule has 3 rings (SSSR count). The lowest BCUT2D eigenvalue weighted by Crippen LogP contribution is -2.51. The van der Waals surface area contributed by atoms with Gasteiger partial charge in [-0.1, -0.05) is 67.9 Å². The van der Waals surface area contributed by atoms with Crippen LogP contribution in [0.4, 0.5) is 5.69 Å². The molecule has 7 nitrogen and oxygen atoms in total. The zero-order valence-corrected chi connectivity index (χ0v) is 23.5. The average Bonchev–Trinajstić information content (AvgIpc) is 2.93. The highest BCUT2D eigenvalue weighted by Crippen LogP contribution is 2.25. The van der Waals surface area contributed by atoms with Crippen LogP contribution in [0.25, 0.3) is 0 Å². The van der Waals surface area contributed by atoms with E-state index in [0.29, 0.717) is 17.3 Å². The molecule has 0 saturated heterocycles. The van der Waals surface area contributed by atoms with Crippen molar-refractivity contribution in [3.8, 4) is 0 Å². The fourth-order valence-electron chi connectivity index (χ4n) is 3.96. The highest BCUT2D eigenvalue weighted by molar-refractivity contribution is 7.92. The molecule has 0 aliphatic rings. The van der Waals surface area contributed by atoms with Crippen LogP contribution in [0.1, 0.15) is 38.3 Å². The molecule has 0 bridgehead atoms. The van der Waals surface area contributed by atoms with E-state index in [9.17, 15) is 18.0 Å². The van der Waals surface area contributed by atoms with Gasteiger partial charge in [0, 0.05) is 18.1 Å². The molecule has 0 unspecified atom stereocenters. The molecule has 1 N–H and O–H groups in total. The van der Waals surface area contributed by atoms with Crippen molar-refractivity contribution in [3.05, 3.63) is 95.0 Å². The summed E-state index contributed by atoms with van der Waals surface area (Å²) in [4.78, 5) is 28.2. The minimum atomic E-state index is -4.08. The van der Waals surface area contributed by atoms with E-state index < -0.39 is 28.5 Å². The zero-order chi connectivity index (χ0) is 27.7. The molecule has 0 radical (unpaired) electrons. The Bertz CT molecular complexity index is 1330. The van der Waals surface area contributed by atoms with Crippen LogP contribution in [-0.4, -0.2) is 44.3 Å². The Labute approximate surface area is 230 Å². The summed E-state index contributed by atoms with van der Waals surface area (Å²) < 4.78 is 28.6. The molecule has 38 heavy (non-hydrogen) atoms. The smallest absolute Gasteiger partial charge is 0.264 e. The van der Waals surface area contributed by atoms with E-state index in [1.165, 1.54) is 17.0 Å². The molecule has 1 atom stereocenters. The fraction of sp³-hybridized carbons (Fsp3) is 0.310. The summed E-state index contributed by atoms with van der Waals surface area (Å²) in [5.74, 6) is -0.824. The maximum atomic E-state index is 13.8. The van der Waals surface area contributed by atoms with E-state index in [-0.39, 0.29) is 17.3 Å². The average molecular weight is 556 g/mol. The van der Waals surface area contributed by atoms with Crippen LogP contribution in [0.2, 0.25) is 5.02 Å². The fourth-order valence-corrected chi connectivity index (χ4v) is 5.60. The van der Waals surface area contributed by atoms with Crippen LogP contribution in [-0.2, 0) is 32.6 Å². The van der Waals surface area contributed by atoms with E-state index in [1.807, 2.05) is 32.0 Å². The number of carbonyl (C=O) groups is 2. The van der Waals surface area contributed by atoms with Gasteiger partial charge in [-0.3, -0.25) is 13.9 Å². The third-order valence-electron chi connectivity index (χ3n) is 6.20. The van der Waals surface area contributed by atoms with E-state index >= 15 is 0 Å². The number of nitrogens with one attached hydrogen (secondary N) is 1. The number of halogens is 1. The Morgan fingerprint density at radius 1 is 0.921 bits per heavy atom. The first-order valence-corrected chi connectivity index (χ1v) is 14.5. The van der Waals surface area contributed by atoms with Gasteiger partial charge in [0.15, 0.2) is 0 Å². The largest absolute Gasteiger partial charge is 0.354 e. The summed E-state index contributed by atoms with van der Waals surface area (Å²) in [6.07, 6.45) is 1.54. The molecule has 0 aliphatic carbocycles. The van der Waals surface area contributed by atoms with Gasteiger partial charge in [-0.15, -0.1) is 0 Å². The molecule has 3 aromatic carbocycles. The monoisotopic (exact) mass is 555 g/mol. The number of hydrogen-bond donors (Lipinski definition) is 1. The van der Waals surface area contributed by atoms with Crippen molar-refractivity contribution < 1.29 is 18.0 Å². The summed E-state index contributed by atoms with van der Waals surface area (Å²) >= 11 is 6.16. The Balaban J connectivity index is 2.01. The van der Waals surface area contributed by atoms with Gasteiger partial charge in [0.1, 0.15) is 12.6 Å². The molecule has 2 amide bonds. The van der Waals surface area contributed by atoms with Crippen LogP contribution in [0.15, 0.2) is 83.8 Å². The van der Waals surface area contributed by atoms with Crippen LogP contribution in [0, 0.1) is 0 Å². The van der Waals surface area contributed by atoms with Crippen molar-refractivity contribution in [1.29, 1.82) is 0 Å². The standard InChI is InChI=1S/C29H34ClN3O4S/c1-4-18-31-29(35)22(3)32(20-24-10-9-11-25(30)19-24)28(34)21-33(26-16-14-23(5-2)15-17-26)38(36,37)27-12-7-6-8-13-27/h6-17,19,22H,4-5,18,20-21H2,1-3H3,(H,31,35)/t22-/m1/s1. The maximum Gasteiger partial charge on any atom is 0.264 e. The number of nitrogens with zero attached hydrogens (tertiary/aromatic N) is 2. The van der Waals surface area contributed by atoms with Gasteiger partial charge in [0.2, 0.25) is 11.8 Å². The third-order valence-corrected chi connectivity index (χ3v) is 8.22. The second kappa shape index (κ2) is 13.4. The molecule has 0 aliphatic heterocycles. The zero-order valence-electron chi connectivity index (χ0n) is 21.9. The predicted molar refractivity (Wildman–Crippen MR) is 152 cm³/mol. The minimum Gasteiger partial charge on any atom is -0.354 e. The Morgan fingerprint density at radius 2 is 1.61 bits per heavy atom. The molecule has 0 spiro atoms. The number of benzene rings is 3. The van der Waals surface area contributed by atoms with Crippen LogP contribution in [0.5, 0.6) is 0 Å². The lowest BCUT2D eigenvalue weighted by molar-refractivity contribution is -0.139. The number of amides is 2. The van der Waals surface area contributed by atoms with Crippen molar-refractivity contribution in [2.45, 2.75) is 51.1 Å². The molecule has 0 saturated carbocycles. The highest BCUT2D eigenvalue weighted by atomic mass is 35.5. The lowest BCUT2D eigenvalue weighted by atomic mass is 10.1. The molecule has 0 heterocycles. The maximum absolute atomic E-state index is 13.8. The number of anilines is 1. The molecule has 202 valence electrons. The van der Waals surface area contributed by atoms with E-state index in [2.05, 4.69) is 5.32 Å². The molecular weight excluding hydrogens is 522 g/mol. The van der Waals surface area contributed by atoms with E-state index in [0.717, 1.165) is 28.3 Å². The summed E-state index contributed by atoms with van der Waals surface area (Å²) in [6.45, 7) is 5.68. The summed E-state index contributed by atoms with van der Waals surface area (Å²) in [5.41, 5.74) is 2.14. The van der Waals surface area contributed by atoms with Gasteiger partial charge in [-0.2, -0.15) is 0 Å². The Morgan fingerprint density at radius 3 is 2.21 bits per heavy atom.